The van der Waals surface area contributed by atoms with Crippen molar-refractivity contribution in [3.05, 3.63) is 71.8 Å². The van der Waals surface area contributed by atoms with Crippen molar-refractivity contribution >= 4 is 18.0 Å². The highest BCUT2D eigenvalue weighted by molar-refractivity contribution is 5.82. The molecule has 0 spiro atoms. The summed E-state index contributed by atoms with van der Waals surface area (Å²) in [5, 5.41) is 2.67. The molecule has 0 fully saturated rings. The fourth-order valence-electron chi connectivity index (χ4n) is 4.98. The van der Waals surface area contributed by atoms with Crippen molar-refractivity contribution in [1.82, 2.24) is 5.32 Å². The number of hydrogen-bond acceptors (Lipinski definition) is 10. The van der Waals surface area contributed by atoms with Gasteiger partial charge in [0.25, 0.3) is 0 Å². The topological polar surface area (TPSA) is 128 Å². The molecule has 264 valence electrons. The molecule has 1 aliphatic carbocycles. The van der Waals surface area contributed by atoms with Gasteiger partial charge in [0.15, 0.2) is 0 Å². The Morgan fingerprint density at radius 3 is 1.81 bits per heavy atom. The van der Waals surface area contributed by atoms with Crippen LogP contribution in [0.4, 0.5) is 4.79 Å². The minimum absolute atomic E-state index is 0.0519. The average Bonchev–Trinajstić information content (AvgIpc) is 3.36. The van der Waals surface area contributed by atoms with Gasteiger partial charge in [0.1, 0.15) is 24.9 Å². The zero-order valence-corrected chi connectivity index (χ0v) is 28.9. The molecule has 1 N–H and O–H groups in total. The quantitative estimate of drug-likeness (QED) is 0.0794. The summed E-state index contributed by atoms with van der Waals surface area (Å²) < 4.78 is 37.9. The zero-order valence-electron chi connectivity index (χ0n) is 28.9. The predicted molar refractivity (Wildman–Crippen MR) is 181 cm³/mol. The summed E-state index contributed by atoms with van der Waals surface area (Å²) in [6.45, 7) is 12.5. The van der Waals surface area contributed by atoms with Gasteiger partial charge in [0.05, 0.1) is 59.3 Å². The number of hydrogen-bond donors (Lipinski definition) is 1. The summed E-state index contributed by atoms with van der Waals surface area (Å²) in [6.07, 6.45) is 2.99. The van der Waals surface area contributed by atoms with Gasteiger partial charge in [-0.05, 0) is 55.0 Å². The Hall–Kier alpha value is -3.77. The van der Waals surface area contributed by atoms with E-state index in [0.29, 0.717) is 52.9 Å². The van der Waals surface area contributed by atoms with E-state index in [2.05, 4.69) is 29.6 Å². The summed E-state index contributed by atoms with van der Waals surface area (Å²) >= 11 is 0. The van der Waals surface area contributed by atoms with Crippen LogP contribution in [0.3, 0.4) is 0 Å². The molecule has 0 heterocycles. The van der Waals surface area contributed by atoms with Crippen molar-refractivity contribution in [3.8, 4) is 11.1 Å². The second kappa shape index (κ2) is 20.6. The first-order valence-corrected chi connectivity index (χ1v) is 16.5. The van der Waals surface area contributed by atoms with Crippen LogP contribution in [-0.2, 0) is 42.7 Å². The summed E-state index contributed by atoms with van der Waals surface area (Å²) in [5.41, 5.74) is 4.04. The molecular formula is C37H51NO10. The Kier molecular flexibility index (Phi) is 16.6. The molecule has 48 heavy (non-hydrogen) atoms. The number of nitrogens with one attached hydrogen (secondary N) is 1. The van der Waals surface area contributed by atoms with Crippen molar-refractivity contribution in [3.63, 3.8) is 0 Å². The normalized spacial score (nSPS) is 13.3. The summed E-state index contributed by atoms with van der Waals surface area (Å²) in [4.78, 5) is 37.0. The summed E-state index contributed by atoms with van der Waals surface area (Å²) in [5.74, 6) is -1.08. The van der Waals surface area contributed by atoms with E-state index in [1.807, 2.05) is 58.9 Å². The van der Waals surface area contributed by atoms with E-state index in [0.717, 1.165) is 22.3 Å². The highest BCUT2D eigenvalue weighted by Gasteiger charge is 2.30. The summed E-state index contributed by atoms with van der Waals surface area (Å²) in [7, 11) is 0. The van der Waals surface area contributed by atoms with Crippen LogP contribution in [-0.4, -0.2) is 95.7 Å². The first-order valence-electron chi connectivity index (χ1n) is 16.5. The van der Waals surface area contributed by atoms with Crippen LogP contribution >= 0.6 is 0 Å². The van der Waals surface area contributed by atoms with E-state index in [4.69, 9.17) is 33.2 Å². The van der Waals surface area contributed by atoms with Crippen LogP contribution < -0.4 is 5.32 Å². The number of esters is 2. The molecule has 0 bridgehead atoms. The number of amides is 1. The molecule has 1 amide bonds. The molecule has 0 unspecified atom stereocenters. The largest absolute Gasteiger partial charge is 0.460 e. The number of benzene rings is 2. The third-order valence-corrected chi connectivity index (χ3v) is 7.23. The van der Waals surface area contributed by atoms with E-state index in [-0.39, 0.29) is 37.4 Å². The first kappa shape index (κ1) is 38.7. The molecule has 11 heteroatoms. The number of rotatable bonds is 21. The molecule has 3 rings (SSSR count). The van der Waals surface area contributed by atoms with Gasteiger partial charge in [-0.1, -0.05) is 68.5 Å². The SMILES string of the molecule is CC(C)[C@H](NC(=O)OCC1c2ccccc2-c2ccccc21)C(=O)OC/C=C/COCCOCCOCCOCCC(=O)OC(C)(C)C. The molecule has 0 saturated heterocycles. The van der Waals surface area contributed by atoms with Gasteiger partial charge in [0.2, 0.25) is 0 Å². The summed E-state index contributed by atoms with van der Waals surface area (Å²) in [6, 6.07) is 15.4. The van der Waals surface area contributed by atoms with Gasteiger partial charge in [0, 0.05) is 5.92 Å². The maximum absolute atomic E-state index is 12.7. The van der Waals surface area contributed by atoms with Crippen LogP contribution in [0, 0.1) is 5.92 Å². The molecule has 0 aromatic heterocycles. The van der Waals surface area contributed by atoms with Crippen molar-refractivity contribution in [1.29, 1.82) is 0 Å². The molecule has 1 aliphatic rings. The van der Waals surface area contributed by atoms with Crippen LogP contribution in [0.25, 0.3) is 11.1 Å². The van der Waals surface area contributed by atoms with Crippen LogP contribution in [0.5, 0.6) is 0 Å². The smallest absolute Gasteiger partial charge is 0.407 e. The third-order valence-electron chi connectivity index (χ3n) is 7.23. The number of carbonyl (C=O) groups excluding carboxylic acids is 3. The Morgan fingerprint density at radius 2 is 1.25 bits per heavy atom. The van der Waals surface area contributed by atoms with Gasteiger partial charge < -0.3 is 38.5 Å². The highest BCUT2D eigenvalue weighted by atomic mass is 16.6. The highest BCUT2D eigenvalue weighted by Crippen LogP contribution is 2.44. The Balaban J connectivity index is 1.20. The molecule has 2 aromatic carbocycles. The molecule has 11 nitrogen and oxygen atoms in total. The van der Waals surface area contributed by atoms with Crippen LogP contribution in [0.15, 0.2) is 60.7 Å². The maximum Gasteiger partial charge on any atom is 0.407 e. The van der Waals surface area contributed by atoms with Gasteiger partial charge >= 0.3 is 18.0 Å². The van der Waals surface area contributed by atoms with Gasteiger partial charge in [-0.2, -0.15) is 0 Å². The minimum atomic E-state index is -0.844. The molecule has 2 aromatic rings. The van der Waals surface area contributed by atoms with Crippen molar-refractivity contribution in [2.45, 2.75) is 58.6 Å². The number of carbonyl (C=O) groups is 3. The van der Waals surface area contributed by atoms with E-state index in [1.165, 1.54) is 0 Å². The van der Waals surface area contributed by atoms with Crippen molar-refractivity contribution < 1.29 is 47.5 Å². The fraction of sp³-hybridized carbons (Fsp3) is 0.541. The Bertz CT molecular complexity index is 1270. The lowest BCUT2D eigenvalue weighted by atomic mass is 9.98. The zero-order chi connectivity index (χ0) is 34.8. The predicted octanol–water partition coefficient (Wildman–Crippen LogP) is 5.45. The van der Waals surface area contributed by atoms with Crippen LogP contribution in [0.1, 0.15) is 58.1 Å². The monoisotopic (exact) mass is 669 g/mol. The van der Waals surface area contributed by atoms with Crippen molar-refractivity contribution in [2.24, 2.45) is 5.92 Å². The lowest BCUT2D eigenvalue weighted by Gasteiger charge is -2.21. The van der Waals surface area contributed by atoms with E-state index in [1.54, 1.807) is 12.2 Å². The molecule has 0 aliphatic heterocycles. The standard InChI is InChI=1S/C37H51NO10/c1-27(2)34(38-36(41)47-26-32-30-14-8-6-12-28(30)29-13-7-9-15-31(29)32)35(40)46-18-11-10-17-42-20-22-44-24-25-45-23-21-43-19-16-33(39)48-37(3,4)5/h6-15,27,32,34H,16-26H2,1-5H3,(H,38,41)/b11-10+/t34-/m0/s1. The maximum atomic E-state index is 12.7. The average molecular weight is 670 g/mol. The Labute approximate surface area is 284 Å². The van der Waals surface area contributed by atoms with Gasteiger partial charge in [-0.15, -0.1) is 0 Å². The van der Waals surface area contributed by atoms with Crippen LogP contribution in [0.2, 0.25) is 0 Å². The second-order valence-corrected chi connectivity index (χ2v) is 12.5. The molecular weight excluding hydrogens is 618 g/mol. The van der Waals surface area contributed by atoms with E-state index < -0.39 is 23.7 Å². The Morgan fingerprint density at radius 1 is 0.729 bits per heavy atom. The fourth-order valence-corrected chi connectivity index (χ4v) is 4.98. The second-order valence-electron chi connectivity index (χ2n) is 12.5. The molecule has 0 saturated carbocycles. The van der Waals surface area contributed by atoms with Crippen molar-refractivity contribution in [2.75, 3.05) is 66.1 Å². The van der Waals surface area contributed by atoms with E-state index >= 15 is 0 Å². The van der Waals surface area contributed by atoms with Gasteiger partial charge in [-0.3, -0.25) is 4.79 Å². The molecule has 1 atom stereocenters. The van der Waals surface area contributed by atoms with Gasteiger partial charge in [-0.25, -0.2) is 9.59 Å². The lowest BCUT2D eigenvalue weighted by molar-refractivity contribution is -0.156. The third kappa shape index (κ3) is 13.8. The lowest BCUT2D eigenvalue weighted by Crippen LogP contribution is -2.45. The number of ether oxygens (including phenoxy) is 7. The first-order chi connectivity index (χ1) is 23.1. The molecule has 0 radical (unpaired) electrons. The number of fused-ring (bicyclic) bond motifs is 3. The van der Waals surface area contributed by atoms with E-state index in [9.17, 15) is 14.4 Å². The number of alkyl carbamates (subject to hydrolysis) is 1. The minimum Gasteiger partial charge on any atom is -0.460 e.